The van der Waals surface area contributed by atoms with Gasteiger partial charge in [-0.2, -0.15) is 4.58 Å². The van der Waals surface area contributed by atoms with Crippen molar-refractivity contribution in [1.29, 1.82) is 0 Å². The number of nitrogens with one attached hydrogen (secondary N) is 3. The van der Waals surface area contributed by atoms with Crippen LogP contribution in [0.25, 0.3) is 10.9 Å². The highest BCUT2D eigenvalue weighted by atomic mass is 19.1. The molecule has 0 spiro atoms. The molecule has 0 unspecified atom stereocenters. The Hall–Kier alpha value is -4.24. The molecule has 0 saturated carbocycles. The van der Waals surface area contributed by atoms with Crippen LogP contribution in [-0.2, 0) is 0 Å². The molecule has 4 heterocycles. The van der Waals surface area contributed by atoms with Crippen molar-refractivity contribution in [2.75, 3.05) is 31.6 Å². The van der Waals surface area contributed by atoms with Gasteiger partial charge in [-0.15, -0.1) is 0 Å². The molecule has 3 aliphatic rings. The van der Waals surface area contributed by atoms with Gasteiger partial charge in [-0.05, 0) is 31.2 Å². The van der Waals surface area contributed by atoms with E-state index in [2.05, 4.69) is 30.5 Å². The van der Waals surface area contributed by atoms with Crippen LogP contribution < -0.4 is 25.4 Å². The molecule has 0 radical (unpaired) electrons. The second-order valence-corrected chi connectivity index (χ2v) is 8.35. The Balaban J connectivity index is 1.32. The normalized spacial score (nSPS) is 17.9. The number of rotatable bonds is 4. The minimum atomic E-state index is -0.456. The Labute approximate surface area is 201 Å². The molecule has 3 N–H and O–H groups in total. The van der Waals surface area contributed by atoms with Crippen molar-refractivity contribution >= 4 is 33.8 Å². The van der Waals surface area contributed by atoms with E-state index in [1.165, 1.54) is 18.1 Å². The predicted molar refractivity (Wildman–Crippen MR) is 132 cm³/mol. The molecule has 0 aliphatic carbocycles. The summed E-state index contributed by atoms with van der Waals surface area (Å²) in [5.41, 5.74) is 4.09. The number of aromatic nitrogens is 2. The smallest absolute Gasteiger partial charge is 0.248 e. The molecule has 9 heteroatoms. The number of dihydropyridines is 1. The van der Waals surface area contributed by atoms with Crippen LogP contribution in [0.1, 0.15) is 6.92 Å². The van der Waals surface area contributed by atoms with Gasteiger partial charge in [0.2, 0.25) is 17.1 Å². The highest BCUT2D eigenvalue weighted by molar-refractivity contribution is 6.00. The number of benzene rings is 2. The molecule has 3 aliphatic heterocycles. The summed E-state index contributed by atoms with van der Waals surface area (Å²) in [6, 6.07) is 8.68. The maximum absolute atomic E-state index is 15.1. The quantitative estimate of drug-likeness (QED) is 0.498. The van der Waals surface area contributed by atoms with Crippen LogP contribution in [0, 0.1) is 5.82 Å². The Morgan fingerprint density at radius 1 is 1.23 bits per heavy atom. The molecule has 176 valence electrons. The first-order chi connectivity index (χ1) is 17.2. The van der Waals surface area contributed by atoms with Crippen LogP contribution in [0.15, 0.2) is 72.5 Å². The van der Waals surface area contributed by atoms with Gasteiger partial charge in [0.25, 0.3) is 0 Å². The number of halogens is 1. The van der Waals surface area contributed by atoms with E-state index in [9.17, 15) is 0 Å². The first-order valence-electron chi connectivity index (χ1n) is 11.5. The third-order valence-corrected chi connectivity index (χ3v) is 6.17. The van der Waals surface area contributed by atoms with Crippen LogP contribution in [0.5, 0.6) is 11.5 Å². The lowest BCUT2D eigenvalue weighted by atomic mass is 10.1. The zero-order chi connectivity index (χ0) is 23.8. The maximum atomic E-state index is 15.1. The van der Waals surface area contributed by atoms with Crippen molar-refractivity contribution in [3.63, 3.8) is 0 Å². The van der Waals surface area contributed by atoms with E-state index in [0.29, 0.717) is 29.7 Å². The van der Waals surface area contributed by atoms with Gasteiger partial charge in [0.05, 0.1) is 29.7 Å². The zero-order valence-electron chi connectivity index (χ0n) is 19.1. The molecule has 6 rings (SSSR count). The fourth-order valence-electron chi connectivity index (χ4n) is 4.43. The number of hydrogen-bond donors (Lipinski definition) is 3. The van der Waals surface area contributed by atoms with Gasteiger partial charge >= 0.3 is 0 Å². The summed E-state index contributed by atoms with van der Waals surface area (Å²) in [5, 5.41) is 10.3. The Morgan fingerprint density at radius 3 is 3.06 bits per heavy atom. The van der Waals surface area contributed by atoms with Crippen molar-refractivity contribution < 1.29 is 18.4 Å². The number of ether oxygens (including phenoxy) is 2. The molecule has 2 aromatic carbocycles. The molecule has 3 aromatic rings. The summed E-state index contributed by atoms with van der Waals surface area (Å²) in [5.74, 6) is 1.76. The summed E-state index contributed by atoms with van der Waals surface area (Å²) in [4.78, 5) is 8.83. The lowest BCUT2D eigenvalue weighted by Crippen LogP contribution is -2.44. The highest BCUT2D eigenvalue weighted by Gasteiger charge is 2.32. The van der Waals surface area contributed by atoms with Crippen LogP contribution in [0.2, 0.25) is 0 Å². The maximum Gasteiger partial charge on any atom is 0.248 e. The molecule has 0 fully saturated rings. The average molecular weight is 472 g/mol. The minimum absolute atomic E-state index is 0.282. The molecule has 0 amide bonds. The lowest BCUT2D eigenvalue weighted by Gasteiger charge is -2.23. The second kappa shape index (κ2) is 8.84. The van der Waals surface area contributed by atoms with E-state index in [0.717, 1.165) is 41.9 Å². The predicted octanol–water partition coefficient (Wildman–Crippen LogP) is 3.88. The van der Waals surface area contributed by atoms with E-state index >= 15 is 4.39 Å². The third-order valence-electron chi connectivity index (χ3n) is 6.17. The van der Waals surface area contributed by atoms with Crippen LogP contribution >= 0.6 is 0 Å². The van der Waals surface area contributed by atoms with Gasteiger partial charge in [0.1, 0.15) is 29.5 Å². The topological polar surface area (TPSA) is 83.3 Å². The van der Waals surface area contributed by atoms with Gasteiger partial charge in [-0.3, -0.25) is 0 Å². The lowest BCUT2D eigenvalue weighted by molar-refractivity contribution is -0.449. The number of anilines is 2. The molecule has 0 bridgehead atoms. The van der Waals surface area contributed by atoms with Gasteiger partial charge in [-0.25, -0.2) is 14.4 Å². The molecular weight excluding hydrogens is 447 g/mol. The molecule has 0 atom stereocenters. The Kier molecular flexibility index (Phi) is 5.38. The first kappa shape index (κ1) is 21.3. The molecular formula is C26H24FN6O2+. The standard InChI is InChI=1S/C26H24FN6O2/c1-2-16-11-19(7-8-29-16)35-18-3-4-21(20(27)12-18)32-26-24-22(30-15-31-26)5-6-23-25(24)34-14-17-13-28-9-10-33(17)23/h2-8,11-12,15,28-29H,9-10,13-14H2,1H3,(H,30,31,32)/q+1/b16-2+. The van der Waals surface area contributed by atoms with E-state index < -0.39 is 5.82 Å². The summed E-state index contributed by atoms with van der Waals surface area (Å²) in [7, 11) is 0. The zero-order valence-corrected chi connectivity index (χ0v) is 19.1. The summed E-state index contributed by atoms with van der Waals surface area (Å²) < 4.78 is 29.4. The third kappa shape index (κ3) is 4.00. The van der Waals surface area contributed by atoms with E-state index in [1.807, 2.05) is 31.2 Å². The van der Waals surface area contributed by atoms with E-state index in [4.69, 9.17) is 9.47 Å². The van der Waals surface area contributed by atoms with Gasteiger partial charge in [-0.1, -0.05) is 6.08 Å². The monoisotopic (exact) mass is 471 g/mol. The summed E-state index contributed by atoms with van der Waals surface area (Å²) in [6.45, 7) is 4.97. The fraction of sp³-hybridized carbons (Fsp3) is 0.192. The van der Waals surface area contributed by atoms with Gasteiger partial charge in [0, 0.05) is 30.1 Å². The number of nitrogens with zero attached hydrogens (tertiary/aromatic N) is 3. The summed E-state index contributed by atoms with van der Waals surface area (Å²) in [6.07, 6.45) is 8.80. The van der Waals surface area contributed by atoms with Crippen molar-refractivity contribution in [1.82, 2.24) is 20.6 Å². The largest absolute Gasteiger partial charge is 0.475 e. The highest BCUT2D eigenvalue weighted by Crippen LogP contribution is 2.41. The SMILES string of the molecule is C/C=C1\C=C(Oc2ccc(Nc3ncnc4ccc5c(c34)OCC3=[N+]5CCNC3)c(F)c2)C=CN1. The van der Waals surface area contributed by atoms with Crippen LogP contribution in [-0.4, -0.2) is 46.5 Å². The van der Waals surface area contributed by atoms with Crippen molar-refractivity contribution in [2.24, 2.45) is 0 Å². The fourth-order valence-corrected chi connectivity index (χ4v) is 4.43. The molecule has 8 nitrogen and oxygen atoms in total. The first-order valence-corrected chi connectivity index (χ1v) is 11.5. The minimum Gasteiger partial charge on any atom is -0.475 e. The Bertz CT molecular complexity index is 1460. The summed E-state index contributed by atoms with van der Waals surface area (Å²) >= 11 is 0. The molecule has 1 aromatic heterocycles. The van der Waals surface area contributed by atoms with E-state index in [-0.39, 0.29) is 5.69 Å². The average Bonchev–Trinajstić information content (AvgIpc) is 2.90. The second-order valence-electron chi connectivity index (χ2n) is 8.35. The van der Waals surface area contributed by atoms with Crippen LogP contribution in [0.3, 0.4) is 0 Å². The van der Waals surface area contributed by atoms with Gasteiger partial charge in [0.15, 0.2) is 13.2 Å². The van der Waals surface area contributed by atoms with E-state index in [1.54, 1.807) is 24.4 Å². The molecule has 35 heavy (non-hydrogen) atoms. The number of hydrogen-bond acceptors (Lipinski definition) is 7. The van der Waals surface area contributed by atoms with Crippen LogP contribution in [0.4, 0.5) is 21.6 Å². The molecule has 0 saturated heterocycles. The van der Waals surface area contributed by atoms with Gasteiger partial charge < -0.3 is 25.4 Å². The number of fused-ring (bicyclic) bond motifs is 4. The Morgan fingerprint density at radius 2 is 2.17 bits per heavy atom. The van der Waals surface area contributed by atoms with Crippen molar-refractivity contribution in [3.8, 4) is 11.5 Å². The number of allylic oxidation sites excluding steroid dienone is 3. The van der Waals surface area contributed by atoms with Crippen molar-refractivity contribution in [3.05, 3.63) is 78.4 Å². The van der Waals surface area contributed by atoms with Crippen molar-refractivity contribution in [2.45, 2.75) is 6.92 Å².